The standard InChI is InChI=1S/C22H21NO4S/c23-11-15-8-20(26)19(21-10-16(25)9-17(12-24)27-21)7-14(15)6-18-5-13-3-1-2-4-22(13)28-18/h1-5,7-8,16-17,21,24-26H,6,9-10,12H2/t16-,17-,21+/m0/s1. The maximum absolute atomic E-state index is 10.5. The van der Waals surface area contributed by atoms with Crippen molar-refractivity contribution in [2.24, 2.45) is 0 Å². The molecule has 4 rings (SSSR count). The van der Waals surface area contributed by atoms with Crippen molar-refractivity contribution in [3.8, 4) is 11.8 Å². The molecule has 0 bridgehead atoms. The first kappa shape index (κ1) is 18.9. The number of hydrogen-bond acceptors (Lipinski definition) is 6. The highest BCUT2D eigenvalue weighted by Crippen LogP contribution is 2.38. The molecule has 0 unspecified atom stereocenters. The van der Waals surface area contributed by atoms with Gasteiger partial charge in [-0.3, -0.25) is 0 Å². The summed E-state index contributed by atoms with van der Waals surface area (Å²) in [6.07, 6.45) is -0.285. The molecule has 3 atom stereocenters. The van der Waals surface area contributed by atoms with Crippen LogP contribution in [-0.2, 0) is 11.2 Å². The second-order valence-electron chi connectivity index (χ2n) is 7.16. The Kier molecular flexibility index (Phi) is 5.33. The van der Waals surface area contributed by atoms with Crippen molar-refractivity contribution in [3.63, 3.8) is 0 Å². The second-order valence-corrected chi connectivity index (χ2v) is 8.33. The second kappa shape index (κ2) is 7.90. The van der Waals surface area contributed by atoms with Gasteiger partial charge in [-0.2, -0.15) is 5.26 Å². The van der Waals surface area contributed by atoms with E-state index < -0.39 is 18.3 Å². The number of nitrogens with zero attached hydrogens (tertiary/aromatic N) is 1. The molecule has 28 heavy (non-hydrogen) atoms. The Morgan fingerprint density at radius 1 is 1.18 bits per heavy atom. The molecule has 0 amide bonds. The van der Waals surface area contributed by atoms with Crippen molar-refractivity contribution in [1.82, 2.24) is 0 Å². The van der Waals surface area contributed by atoms with E-state index in [0.717, 1.165) is 10.4 Å². The first-order chi connectivity index (χ1) is 13.6. The average molecular weight is 395 g/mol. The Balaban J connectivity index is 1.68. The van der Waals surface area contributed by atoms with Gasteiger partial charge >= 0.3 is 0 Å². The number of rotatable bonds is 4. The summed E-state index contributed by atoms with van der Waals surface area (Å²) in [6, 6.07) is 15.7. The van der Waals surface area contributed by atoms with E-state index in [1.165, 1.54) is 16.2 Å². The Morgan fingerprint density at radius 3 is 2.75 bits per heavy atom. The van der Waals surface area contributed by atoms with Crippen molar-refractivity contribution < 1.29 is 20.1 Å². The molecule has 0 aliphatic carbocycles. The van der Waals surface area contributed by atoms with Gasteiger partial charge in [-0.25, -0.2) is 0 Å². The van der Waals surface area contributed by atoms with Gasteiger partial charge in [0.15, 0.2) is 0 Å². The Morgan fingerprint density at radius 2 is 2.00 bits per heavy atom. The van der Waals surface area contributed by atoms with E-state index in [-0.39, 0.29) is 12.4 Å². The normalized spacial score (nSPS) is 22.2. The molecule has 3 N–H and O–H groups in total. The van der Waals surface area contributed by atoms with Gasteiger partial charge in [0, 0.05) is 34.4 Å². The molecule has 2 aromatic carbocycles. The maximum atomic E-state index is 10.5. The summed E-state index contributed by atoms with van der Waals surface area (Å²) >= 11 is 1.69. The Labute approximate surface area is 167 Å². The molecule has 1 saturated heterocycles. The molecule has 2 heterocycles. The van der Waals surface area contributed by atoms with Crippen LogP contribution in [0.4, 0.5) is 0 Å². The molecule has 3 aromatic rings. The third kappa shape index (κ3) is 3.75. The lowest BCUT2D eigenvalue weighted by Crippen LogP contribution is -2.33. The summed E-state index contributed by atoms with van der Waals surface area (Å²) in [4.78, 5) is 1.13. The van der Waals surface area contributed by atoms with Crippen LogP contribution in [0.5, 0.6) is 5.75 Å². The van der Waals surface area contributed by atoms with Gasteiger partial charge in [0.1, 0.15) is 5.75 Å². The monoisotopic (exact) mass is 395 g/mol. The number of ether oxygens (including phenoxy) is 1. The third-order valence-electron chi connectivity index (χ3n) is 5.14. The largest absolute Gasteiger partial charge is 0.508 e. The Bertz CT molecular complexity index is 1010. The van der Waals surface area contributed by atoms with Crippen LogP contribution in [0.25, 0.3) is 10.1 Å². The molecule has 1 fully saturated rings. The summed E-state index contributed by atoms with van der Waals surface area (Å²) in [6.45, 7) is -0.181. The van der Waals surface area contributed by atoms with E-state index in [4.69, 9.17) is 4.74 Å². The van der Waals surface area contributed by atoms with Crippen LogP contribution in [0, 0.1) is 11.3 Å². The van der Waals surface area contributed by atoms with Crippen molar-refractivity contribution in [2.75, 3.05) is 6.61 Å². The number of aromatic hydroxyl groups is 1. The lowest BCUT2D eigenvalue weighted by Gasteiger charge is -2.33. The quantitative estimate of drug-likeness (QED) is 0.627. The molecular weight excluding hydrogens is 374 g/mol. The smallest absolute Gasteiger partial charge is 0.122 e. The van der Waals surface area contributed by atoms with E-state index >= 15 is 0 Å². The predicted octanol–water partition coefficient (Wildman–Crippen LogP) is 3.64. The minimum atomic E-state index is -0.600. The zero-order valence-corrected chi connectivity index (χ0v) is 16.0. The number of aliphatic hydroxyl groups excluding tert-OH is 2. The van der Waals surface area contributed by atoms with Gasteiger partial charge < -0.3 is 20.1 Å². The number of aliphatic hydroxyl groups is 2. The number of hydrogen-bond donors (Lipinski definition) is 3. The minimum absolute atomic E-state index is 0.0209. The number of thiophene rings is 1. The summed E-state index contributed by atoms with van der Waals surface area (Å²) in [5.74, 6) is -0.0209. The SMILES string of the molecule is N#Cc1cc(O)c([C@H]2C[C@@H](O)C[C@@H](CO)O2)cc1Cc1cc2ccccc2s1. The lowest BCUT2D eigenvalue weighted by molar-refractivity contribution is -0.114. The van der Waals surface area contributed by atoms with E-state index in [9.17, 15) is 20.6 Å². The summed E-state index contributed by atoms with van der Waals surface area (Å²) in [5, 5.41) is 40.6. The molecule has 0 saturated carbocycles. The number of phenols is 1. The summed E-state index contributed by atoms with van der Waals surface area (Å²) in [5.41, 5.74) is 1.78. The maximum Gasteiger partial charge on any atom is 0.122 e. The van der Waals surface area contributed by atoms with Crippen molar-refractivity contribution >= 4 is 21.4 Å². The molecule has 1 aliphatic rings. The van der Waals surface area contributed by atoms with Gasteiger partial charge in [0.05, 0.1) is 36.6 Å². The van der Waals surface area contributed by atoms with E-state index in [1.807, 2.05) is 12.1 Å². The molecule has 144 valence electrons. The van der Waals surface area contributed by atoms with Gasteiger partial charge in [-0.1, -0.05) is 18.2 Å². The van der Waals surface area contributed by atoms with Crippen LogP contribution in [0.1, 0.15) is 40.5 Å². The van der Waals surface area contributed by atoms with Crippen molar-refractivity contribution in [1.29, 1.82) is 5.26 Å². The predicted molar refractivity (Wildman–Crippen MR) is 107 cm³/mol. The highest BCUT2D eigenvalue weighted by atomic mass is 32.1. The van der Waals surface area contributed by atoms with E-state index in [0.29, 0.717) is 30.4 Å². The molecule has 0 spiro atoms. The summed E-state index contributed by atoms with van der Waals surface area (Å²) < 4.78 is 7.04. The molecule has 0 radical (unpaired) electrons. The first-order valence-corrected chi connectivity index (χ1v) is 10.1. The average Bonchev–Trinajstić information content (AvgIpc) is 3.10. The van der Waals surface area contributed by atoms with Crippen LogP contribution in [0.3, 0.4) is 0 Å². The van der Waals surface area contributed by atoms with Gasteiger partial charge in [-0.05, 0) is 35.2 Å². The van der Waals surface area contributed by atoms with Crippen LogP contribution in [0.2, 0.25) is 0 Å². The fourth-order valence-corrected chi connectivity index (χ4v) is 4.87. The van der Waals surface area contributed by atoms with Crippen molar-refractivity contribution in [3.05, 3.63) is 64.0 Å². The number of fused-ring (bicyclic) bond motifs is 1. The lowest BCUT2D eigenvalue weighted by atomic mass is 9.92. The fourth-order valence-electron chi connectivity index (χ4n) is 3.78. The molecule has 6 heteroatoms. The van der Waals surface area contributed by atoms with Crippen LogP contribution >= 0.6 is 11.3 Å². The van der Waals surface area contributed by atoms with Gasteiger partial charge in [0.2, 0.25) is 0 Å². The van der Waals surface area contributed by atoms with Crippen molar-refractivity contribution in [2.45, 2.75) is 37.6 Å². The summed E-state index contributed by atoms with van der Waals surface area (Å²) in [7, 11) is 0. The zero-order valence-electron chi connectivity index (χ0n) is 15.2. The molecule has 1 aliphatic heterocycles. The molecule has 1 aromatic heterocycles. The van der Waals surface area contributed by atoms with E-state index in [1.54, 1.807) is 17.4 Å². The topological polar surface area (TPSA) is 93.7 Å². The van der Waals surface area contributed by atoms with Crippen LogP contribution in [0.15, 0.2) is 42.5 Å². The van der Waals surface area contributed by atoms with Crippen LogP contribution < -0.4 is 0 Å². The number of phenolic OH excluding ortho intramolecular Hbond substituents is 1. The van der Waals surface area contributed by atoms with Crippen LogP contribution in [-0.4, -0.2) is 34.1 Å². The highest BCUT2D eigenvalue weighted by Gasteiger charge is 2.31. The highest BCUT2D eigenvalue weighted by molar-refractivity contribution is 7.19. The van der Waals surface area contributed by atoms with Gasteiger partial charge in [-0.15, -0.1) is 11.3 Å². The Hall–Kier alpha value is -2.43. The fraction of sp³-hybridized carbons (Fsp3) is 0.318. The number of benzene rings is 2. The first-order valence-electron chi connectivity index (χ1n) is 9.25. The number of nitriles is 1. The molecular formula is C22H21NO4S. The zero-order chi connectivity index (χ0) is 19.7. The van der Waals surface area contributed by atoms with E-state index in [2.05, 4.69) is 24.3 Å². The molecule has 5 nitrogen and oxygen atoms in total. The third-order valence-corrected chi connectivity index (χ3v) is 6.26. The van der Waals surface area contributed by atoms with Gasteiger partial charge in [0.25, 0.3) is 0 Å². The minimum Gasteiger partial charge on any atom is -0.508 e.